The van der Waals surface area contributed by atoms with Crippen LogP contribution in [0.4, 0.5) is 0 Å². The second-order valence-corrected chi connectivity index (χ2v) is 4.93. The Bertz CT molecular complexity index is 411. The minimum absolute atomic E-state index is 0.294. The Kier molecular flexibility index (Phi) is 4.74. The summed E-state index contributed by atoms with van der Waals surface area (Å²) in [6.07, 6.45) is 1.01. The Hall–Kier alpha value is -1.16. The van der Waals surface area contributed by atoms with Gasteiger partial charge in [0.1, 0.15) is 0 Å². The van der Waals surface area contributed by atoms with Crippen molar-refractivity contribution in [2.75, 3.05) is 13.1 Å². The Morgan fingerprint density at radius 1 is 1.12 bits per heavy atom. The van der Waals surface area contributed by atoms with E-state index in [2.05, 4.69) is 53.2 Å². The lowest BCUT2D eigenvalue weighted by molar-refractivity contribution is 0.594. The fraction of sp³-hybridized carbons (Fsp3) is 0.286. The molecule has 0 bridgehead atoms. The van der Waals surface area contributed by atoms with E-state index in [0.717, 1.165) is 19.5 Å². The molecule has 1 aromatic carbocycles. The topological polar surface area (TPSA) is 38.0 Å². The first-order valence-corrected chi connectivity index (χ1v) is 6.81. The van der Waals surface area contributed by atoms with Crippen molar-refractivity contribution in [1.82, 2.24) is 5.32 Å². The van der Waals surface area contributed by atoms with Crippen LogP contribution in [-0.4, -0.2) is 13.1 Å². The van der Waals surface area contributed by atoms with Crippen LogP contribution in [0.15, 0.2) is 47.8 Å². The van der Waals surface area contributed by atoms with Crippen molar-refractivity contribution in [3.05, 3.63) is 58.3 Å². The first-order valence-electron chi connectivity index (χ1n) is 5.93. The molecule has 2 aromatic rings. The highest BCUT2D eigenvalue weighted by atomic mass is 32.1. The second kappa shape index (κ2) is 6.55. The van der Waals surface area contributed by atoms with Crippen LogP contribution in [0.1, 0.15) is 22.9 Å². The molecule has 0 amide bonds. The minimum Gasteiger partial charge on any atom is -0.330 e. The van der Waals surface area contributed by atoms with Crippen molar-refractivity contribution < 1.29 is 0 Å². The Balaban J connectivity index is 2.13. The van der Waals surface area contributed by atoms with E-state index in [1.807, 2.05) is 0 Å². The molecule has 0 fully saturated rings. The van der Waals surface area contributed by atoms with E-state index < -0.39 is 0 Å². The number of benzene rings is 1. The molecule has 2 nitrogen and oxygen atoms in total. The first kappa shape index (κ1) is 12.3. The number of hydrogen-bond acceptors (Lipinski definition) is 3. The van der Waals surface area contributed by atoms with Crippen LogP contribution in [0.5, 0.6) is 0 Å². The molecule has 90 valence electrons. The van der Waals surface area contributed by atoms with Crippen molar-refractivity contribution in [3.63, 3.8) is 0 Å². The molecular formula is C14H18N2S. The fourth-order valence-electron chi connectivity index (χ4n) is 1.83. The lowest BCUT2D eigenvalue weighted by Gasteiger charge is -2.17. The summed E-state index contributed by atoms with van der Waals surface area (Å²) in [6, 6.07) is 15.1. The largest absolute Gasteiger partial charge is 0.330 e. The van der Waals surface area contributed by atoms with Gasteiger partial charge in [0.15, 0.2) is 0 Å². The van der Waals surface area contributed by atoms with E-state index in [1.54, 1.807) is 11.3 Å². The van der Waals surface area contributed by atoms with Gasteiger partial charge in [-0.05, 0) is 36.5 Å². The van der Waals surface area contributed by atoms with Crippen molar-refractivity contribution in [2.45, 2.75) is 12.5 Å². The summed E-state index contributed by atoms with van der Waals surface area (Å²) in [5, 5.41) is 5.69. The molecule has 17 heavy (non-hydrogen) atoms. The number of rotatable bonds is 6. The molecule has 1 aromatic heterocycles. The van der Waals surface area contributed by atoms with Gasteiger partial charge in [0.05, 0.1) is 6.04 Å². The third-order valence-electron chi connectivity index (χ3n) is 2.69. The normalized spacial score (nSPS) is 12.5. The summed E-state index contributed by atoms with van der Waals surface area (Å²) in [5.74, 6) is 0. The molecule has 3 heteroatoms. The molecule has 0 radical (unpaired) electrons. The molecule has 0 aliphatic carbocycles. The van der Waals surface area contributed by atoms with Crippen LogP contribution < -0.4 is 11.1 Å². The predicted molar refractivity (Wildman–Crippen MR) is 74.3 cm³/mol. The van der Waals surface area contributed by atoms with Crippen LogP contribution in [0.2, 0.25) is 0 Å². The van der Waals surface area contributed by atoms with Gasteiger partial charge < -0.3 is 11.1 Å². The molecular weight excluding hydrogens is 228 g/mol. The monoisotopic (exact) mass is 246 g/mol. The number of nitrogens with one attached hydrogen (secondary N) is 1. The van der Waals surface area contributed by atoms with Gasteiger partial charge in [-0.3, -0.25) is 0 Å². The Labute approximate surface area is 106 Å². The molecule has 1 heterocycles. The van der Waals surface area contributed by atoms with E-state index in [-0.39, 0.29) is 0 Å². The zero-order valence-electron chi connectivity index (χ0n) is 9.80. The summed E-state index contributed by atoms with van der Waals surface area (Å²) in [4.78, 5) is 1.35. The van der Waals surface area contributed by atoms with Crippen molar-refractivity contribution in [1.29, 1.82) is 0 Å². The lowest BCUT2D eigenvalue weighted by atomic mass is 10.1. The standard InChI is InChI=1S/C14H18N2S/c15-9-5-10-16-14(13-8-4-11-17-13)12-6-2-1-3-7-12/h1-4,6-8,11,14,16H,5,9-10,15H2. The SMILES string of the molecule is NCCCNC(c1ccccc1)c1cccs1. The van der Waals surface area contributed by atoms with Gasteiger partial charge in [0.25, 0.3) is 0 Å². The highest BCUT2D eigenvalue weighted by molar-refractivity contribution is 7.10. The summed E-state index contributed by atoms with van der Waals surface area (Å²) >= 11 is 1.79. The van der Waals surface area contributed by atoms with Gasteiger partial charge in [-0.2, -0.15) is 0 Å². The van der Waals surface area contributed by atoms with Gasteiger partial charge in [0, 0.05) is 4.88 Å². The molecule has 3 N–H and O–H groups in total. The first-order chi connectivity index (χ1) is 8.42. The fourth-order valence-corrected chi connectivity index (χ4v) is 2.66. The summed E-state index contributed by atoms with van der Waals surface area (Å²) in [7, 11) is 0. The lowest BCUT2D eigenvalue weighted by Crippen LogP contribution is -2.24. The highest BCUT2D eigenvalue weighted by Crippen LogP contribution is 2.25. The molecule has 0 aliphatic heterocycles. The van der Waals surface area contributed by atoms with Crippen molar-refractivity contribution in [3.8, 4) is 0 Å². The van der Waals surface area contributed by atoms with Crippen LogP contribution >= 0.6 is 11.3 Å². The molecule has 1 unspecified atom stereocenters. The maximum atomic E-state index is 5.53. The van der Waals surface area contributed by atoms with E-state index in [9.17, 15) is 0 Å². The van der Waals surface area contributed by atoms with E-state index in [4.69, 9.17) is 5.73 Å². The van der Waals surface area contributed by atoms with Crippen molar-refractivity contribution >= 4 is 11.3 Å². The molecule has 0 spiro atoms. The van der Waals surface area contributed by atoms with Gasteiger partial charge in [0.2, 0.25) is 0 Å². The molecule has 0 saturated heterocycles. The summed E-state index contributed by atoms with van der Waals surface area (Å²) < 4.78 is 0. The second-order valence-electron chi connectivity index (χ2n) is 3.96. The highest BCUT2D eigenvalue weighted by Gasteiger charge is 2.13. The zero-order chi connectivity index (χ0) is 11.9. The molecule has 2 rings (SSSR count). The van der Waals surface area contributed by atoms with Gasteiger partial charge in [-0.1, -0.05) is 36.4 Å². The van der Waals surface area contributed by atoms with Crippen LogP contribution in [-0.2, 0) is 0 Å². The summed E-state index contributed by atoms with van der Waals surface area (Å²) in [5.41, 5.74) is 6.85. The minimum atomic E-state index is 0.294. The third-order valence-corrected chi connectivity index (χ3v) is 3.63. The van der Waals surface area contributed by atoms with Crippen LogP contribution in [0, 0.1) is 0 Å². The molecule has 0 saturated carbocycles. The summed E-state index contributed by atoms with van der Waals surface area (Å²) in [6.45, 7) is 1.69. The van der Waals surface area contributed by atoms with Gasteiger partial charge in [-0.25, -0.2) is 0 Å². The van der Waals surface area contributed by atoms with Gasteiger partial charge in [-0.15, -0.1) is 11.3 Å². The number of hydrogen-bond donors (Lipinski definition) is 2. The number of thiophene rings is 1. The smallest absolute Gasteiger partial charge is 0.0671 e. The Morgan fingerprint density at radius 3 is 2.59 bits per heavy atom. The number of nitrogens with two attached hydrogens (primary N) is 1. The maximum absolute atomic E-state index is 5.53. The predicted octanol–water partition coefficient (Wildman–Crippen LogP) is 2.78. The quantitative estimate of drug-likeness (QED) is 0.769. The van der Waals surface area contributed by atoms with E-state index >= 15 is 0 Å². The van der Waals surface area contributed by atoms with Gasteiger partial charge >= 0.3 is 0 Å². The average Bonchev–Trinajstić information content (AvgIpc) is 2.89. The van der Waals surface area contributed by atoms with E-state index in [1.165, 1.54) is 10.4 Å². The van der Waals surface area contributed by atoms with E-state index in [0.29, 0.717) is 6.04 Å². The molecule has 1 atom stereocenters. The third kappa shape index (κ3) is 3.40. The van der Waals surface area contributed by atoms with Crippen LogP contribution in [0.25, 0.3) is 0 Å². The van der Waals surface area contributed by atoms with Crippen LogP contribution in [0.3, 0.4) is 0 Å². The average molecular weight is 246 g/mol. The van der Waals surface area contributed by atoms with Crippen molar-refractivity contribution in [2.24, 2.45) is 5.73 Å². The zero-order valence-corrected chi connectivity index (χ0v) is 10.6. The maximum Gasteiger partial charge on any atom is 0.0671 e. The molecule has 0 aliphatic rings. The Morgan fingerprint density at radius 2 is 1.94 bits per heavy atom.